The number of thiocarbonyl (C=S) groups is 1. The van der Waals surface area contributed by atoms with Gasteiger partial charge in [0.25, 0.3) is 0 Å². The molecule has 0 aliphatic heterocycles. The van der Waals surface area contributed by atoms with Gasteiger partial charge < -0.3 is 11.1 Å². The molecule has 1 aromatic heterocycles. The number of rotatable bonds is 2. The number of nitrogens with zero attached hydrogens (tertiary/aromatic N) is 1. The average Bonchev–Trinajstić information content (AvgIpc) is 2.01. The van der Waals surface area contributed by atoms with E-state index < -0.39 is 9.84 Å². The zero-order chi connectivity index (χ0) is 10.8. The minimum Gasteiger partial charge on any atom is -0.376 e. The molecule has 5 nitrogen and oxygen atoms in total. The maximum Gasteiger partial charge on any atom is 0.175 e. The van der Waals surface area contributed by atoms with Gasteiger partial charge in [0.15, 0.2) is 14.9 Å². The van der Waals surface area contributed by atoms with Crippen LogP contribution in [0.1, 0.15) is 0 Å². The molecule has 0 saturated heterocycles. The van der Waals surface area contributed by atoms with Crippen LogP contribution in [0.4, 0.5) is 5.82 Å². The van der Waals surface area contributed by atoms with Crippen LogP contribution >= 0.6 is 12.2 Å². The third kappa shape index (κ3) is 2.93. The van der Waals surface area contributed by atoms with Crippen LogP contribution in [-0.4, -0.2) is 24.8 Å². The van der Waals surface area contributed by atoms with E-state index in [9.17, 15) is 8.42 Å². The van der Waals surface area contributed by atoms with Crippen molar-refractivity contribution < 1.29 is 8.42 Å². The zero-order valence-corrected chi connectivity index (χ0v) is 9.02. The third-order valence-corrected chi connectivity index (χ3v) is 2.62. The molecule has 0 radical (unpaired) electrons. The quantitative estimate of drug-likeness (QED) is 0.704. The van der Waals surface area contributed by atoms with Gasteiger partial charge in [0.05, 0.1) is 4.90 Å². The molecule has 7 heteroatoms. The second-order valence-electron chi connectivity index (χ2n) is 2.64. The van der Waals surface area contributed by atoms with Crippen LogP contribution in [0.2, 0.25) is 0 Å². The molecular weight excluding hydrogens is 222 g/mol. The molecule has 14 heavy (non-hydrogen) atoms. The number of aromatic nitrogens is 1. The molecule has 76 valence electrons. The largest absolute Gasteiger partial charge is 0.376 e. The fourth-order valence-corrected chi connectivity index (χ4v) is 1.57. The van der Waals surface area contributed by atoms with E-state index in [-0.39, 0.29) is 10.0 Å². The molecule has 0 aromatic carbocycles. The summed E-state index contributed by atoms with van der Waals surface area (Å²) < 4.78 is 22.3. The van der Waals surface area contributed by atoms with Crippen molar-refractivity contribution in [2.45, 2.75) is 4.90 Å². The second kappa shape index (κ2) is 3.89. The summed E-state index contributed by atoms with van der Waals surface area (Å²) in [6.07, 6.45) is 2.49. The maximum atomic E-state index is 11.2. The van der Waals surface area contributed by atoms with E-state index >= 15 is 0 Å². The number of anilines is 1. The molecule has 0 aliphatic carbocycles. The lowest BCUT2D eigenvalue weighted by molar-refractivity contribution is 0.602. The van der Waals surface area contributed by atoms with Crippen LogP contribution in [0.25, 0.3) is 0 Å². The molecule has 0 atom stereocenters. The van der Waals surface area contributed by atoms with E-state index in [4.69, 9.17) is 5.73 Å². The van der Waals surface area contributed by atoms with Gasteiger partial charge in [0, 0.05) is 12.5 Å². The number of hydrogen-bond donors (Lipinski definition) is 2. The number of sulfone groups is 1. The molecule has 0 amide bonds. The molecule has 0 bridgehead atoms. The lowest BCUT2D eigenvalue weighted by Crippen LogP contribution is -2.19. The van der Waals surface area contributed by atoms with Crippen molar-refractivity contribution in [3.8, 4) is 0 Å². The highest BCUT2D eigenvalue weighted by molar-refractivity contribution is 7.90. The van der Waals surface area contributed by atoms with E-state index in [1.54, 1.807) is 0 Å². The Morgan fingerprint density at radius 1 is 1.64 bits per heavy atom. The highest BCUT2D eigenvalue weighted by Gasteiger charge is 2.07. The molecule has 0 spiro atoms. The van der Waals surface area contributed by atoms with E-state index in [0.29, 0.717) is 5.82 Å². The predicted octanol–water partition coefficient (Wildman–Crippen LogP) is 0.141. The van der Waals surface area contributed by atoms with Crippen LogP contribution in [0.3, 0.4) is 0 Å². The minimum absolute atomic E-state index is 0.0446. The van der Waals surface area contributed by atoms with E-state index in [1.807, 2.05) is 0 Å². The number of nitrogens with two attached hydrogens (primary N) is 1. The molecule has 0 fully saturated rings. The summed E-state index contributed by atoms with van der Waals surface area (Å²) >= 11 is 4.59. The normalized spacial score (nSPS) is 10.9. The lowest BCUT2D eigenvalue weighted by atomic mass is 10.4. The minimum atomic E-state index is -3.23. The summed E-state index contributed by atoms with van der Waals surface area (Å²) in [5, 5.41) is 2.60. The Morgan fingerprint density at radius 2 is 2.29 bits per heavy atom. The van der Waals surface area contributed by atoms with E-state index in [2.05, 4.69) is 22.5 Å². The maximum absolute atomic E-state index is 11.2. The van der Waals surface area contributed by atoms with Gasteiger partial charge in [0.2, 0.25) is 0 Å². The lowest BCUT2D eigenvalue weighted by Gasteiger charge is -2.03. The summed E-state index contributed by atoms with van der Waals surface area (Å²) in [6, 6.07) is 2.77. The topological polar surface area (TPSA) is 85.1 Å². The molecule has 0 aliphatic rings. The Bertz CT molecular complexity index is 456. The smallest absolute Gasteiger partial charge is 0.175 e. The van der Waals surface area contributed by atoms with Crippen molar-refractivity contribution in [1.82, 2.24) is 4.98 Å². The number of pyridine rings is 1. The molecule has 1 heterocycles. The van der Waals surface area contributed by atoms with Crippen molar-refractivity contribution in [3.63, 3.8) is 0 Å². The van der Waals surface area contributed by atoms with Gasteiger partial charge in [0.1, 0.15) is 5.82 Å². The fraction of sp³-hybridized carbons (Fsp3) is 0.143. The van der Waals surface area contributed by atoms with Crippen LogP contribution < -0.4 is 11.1 Å². The zero-order valence-electron chi connectivity index (χ0n) is 7.39. The SMILES string of the molecule is CS(=O)(=O)c1ccnc(NC(N)=S)c1. The van der Waals surface area contributed by atoms with Crippen LogP contribution in [0.5, 0.6) is 0 Å². The monoisotopic (exact) mass is 231 g/mol. The Balaban J connectivity index is 3.08. The molecular formula is C7H9N3O2S2. The Morgan fingerprint density at radius 3 is 2.79 bits per heavy atom. The van der Waals surface area contributed by atoms with Gasteiger partial charge >= 0.3 is 0 Å². The molecule has 3 N–H and O–H groups in total. The number of hydrogen-bond acceptors (Lipinski definition) is 4. The summed E-state index contributed by atoms with van der Waals surface area (Å²) in [5.74, 6) is 0.320. The summed E-state index contributed by atoms with van der Waals surface area (Å²) in [7, 11) is -3.23. The highest BCUT2D eigenvalue weighted by atomic mass is 32.2. The first kappa shape index (κ1) is 10.9. The summed E-state index contributed by atoms with van der Waals surface area (Å²) in [5.41, 5.74) is 5.21. The first-order chi connectivity index (χ1) is 6.39. The molecule has 1 rings (SSSR count). The summed E-state index contributed by atoms with van der Waals surface area (Å²) in [4.78, 5) is 4.02. The highest BCUT2D eigenvalue weighted by Crippen LogP contribution is 2.11. The van der Waals surface area contributed by atoms with E-state index in [1.165, 1.54) is 18.3 Å². The van der Waals surface area contributed by atoms with Gasteiger partial charge in [-0.2, -0.15) is 0 Å². The van der Waals surface area contributed by atoms with E-state index in [0.717, 1.165) is 6.26 Å². The van der Waals surface area contributed by atoms with Crippen LogP contribution in [-0.2, 0) is 9.84 Å². The standard InChI is InChI=1S/C7H9N3O2S2/c1-14(11,12)5-2-3-9-6(4-5)10-7(8)13/h2-4H,1H3,(H3,8,9,10,13). The Kier molecular flexibility index (Phi) is 3.02. The fourth-order valence-electron chi connectivity index (χ4n) is 0.836. The third-order valence-electron chi connectivity index (χ3n) is 1.41. The van der Waals surface area contributed by atoms with Gasteiger partial charge in [-0.3, -0.25) is 0 Å². The molecule has 0 unspecified atom stereocenters. The van der Waals surface area contributed by atoms with Gasteiger partial charge in [-0.15, -0.1) is 0 Å². The molecule has 0 saturated carbocycles. The van der Waals surface area contributed by atoms with Gasteiger partial charge in [-0.05, 0) is 24.4 Å². The Labute approximate surface area is 87.3 Å². The van der Waals surface area contributed by atoms with Crippen molar-refractivity contribution in [3.05, 3.63) is 18.3 Å². The van der Waals surface area contributed by atoms with Gasteiger partial charge in [-0.25, -0.2) is 13.4 Å². The van der Waals surface area contributed by atoms with Crippen molar-refractivity contribution in [1.29, 1.82) is 0 Å². The van der Waals surface area contributed by atoms with Crippen LogP contribution in [0, 0.1) is 0 Å². The number of nitrogens with one attached hydrogen (secondary N) is 1. The summed E-state index contributed by atoms with van der Waals surface area (Å²) in [6.45, 7) is 0. The predicted molar refractivity (Wildman–Crippen MR) is 57.8 cm³/mol. The average molecular weight is 231 g/mol. The van der Waals surface area contributed by atoms with Crippen molar-refractivity contribution >= 4 is 33.0 Å². The Hall–Kier alpha value is -1.21. The van der Waals surface area contributed by atoms with Crippen molar-refractivity contribution in [2.24, 2.45) is 5.73 Å². The van der Waals surface area contributed by atoms with Crippen molar-refractivity contribution in [2.75, 3.05) is 11.6 Å². The van der Waals surface area contributed by atoms with Gasteiger partial charge in [-0.1, -0.05) is 0 Å². The first-order valence-corrected chi connectivity index (χ1v) is 5.92. The first-order valence-electron chi connectivity index (χ1n) is 3.62. The second-order valence-corrected chi connectivity index (χ2v) is 5.09. The molecule has 1 aromatic rings. The van der Waals surface area contributed by atoms with Crippen LogP contribution in [0.15, 0.2) is 23.2 Å².